The first kappa shape index (κ1) is 37.2. The van der Waals surface area contributed by atoms with Crippen molar-refractivity contribution in [2.24, 2.45) is 23.7 Å². The van der Waals surface area contributed by atoms with Crippen molar-refractivity contribution in [2.75, 3.05) is 4.90 Å². The van der Waals surface area contributed by atoms with Crippen molar-refractivity contribution in [2.45, 2.75) is 81.5 Å². The van der Waals surface area contributed by atoms with Crippen LogP contribution in [0.4, 0.5) is 17.1 Å². The number of hydrogen-bond donors (Lipinski definition) is 0. The average molecular weight is 826 g/mol. The maximum absolute atomic E-state index is 2.68. The van der Waals surface area contributed by atoms with Crippen LogP contribution in [-0.4, -0.2) is 0 Å². The Balaban J connectivity index is 1.01. The van der Waals surface area contributed by atoms with E-state index in [-0.39, 0.29) is 5.41 Å². The second kappa shape index (κ2) is 13.9. The summed E-state index contributed by atoms with van der Waals surface area (Å²) in [6.07, 6.45) is 12.3. The number of fused-ring (bicyclic) bond motifs is 15. The lowest BCUT2D eigenvalue weighted by molar-refractivity contribution is 0.233. The second-order valence-electron chi connectivity index (χ2n) is 21.0. The van der Waals surface area contributed by atoms with E-state index in [2.05, 4.69) is 188 Å². The molecule has 4 saturated carbocycles. The third-order valence-corrected chi connectivity index (χ3v) is 17.7. The van der Waals surface area contributed by atoms with Crippen LogP contribution in [0, 0.1) is 23.7 Å². The first-order chi connectivity index (χ1) is 31.6. The summed E-state index contributed by atoms with van der Waals surface area (Å²) in [6, 6.07) is 68.4. The van der Waals surface area contributed by atoms with Crippen LogP contribution in [0.5, 0.6) is 0 Å². The molecule has 14 rings (SSSR count). The van der Waals surface area contributed by atoms with Gasteiger partial charge in [0.15, 0.2) is 0 Å². The van der Waals surface area contributed by atoms with Gasteiger partial charge in [-0.1, -0.05) is 178 Å². The molecule has 1 heteroatoms. The zero-order chi connectivity index (χ0) is 42.1. The molecule has 1 spiro atoms. The predicted octanol–water partition coefficient (Wildman–Crippen LogP) is 16.7. The summed E-state index contributed by atoms with van der Waals surface area (Å²) >= 11 is 0. The second-order valence-corrected chi connectivity index (χ2v) is 21.0. The van der Waals surface area contributed by atoms with Crippen LogP contribution >= 0.6 is 0 Å². The fraction of sp³-hybridized carbons (Fsp3) is 0.270. The van der Waals surface area contributed by atoms with Crippen molar-refractivity contribution in [1.82, 2.24) is 0 Å². The molecule has 0 heterocycles. The van der Waals surface area contributed by atoms with E-state index in [9.17, 15) is 0 Å². The van der Waals surface area contributed by atoms with Gasteiger partial charge >= 0.3 is 0 Å². The molecule has 312 valence electrons. The van der Waals surface area contributed by atoms with E-state index in [4.69, 9.17) is 0 Å². The van der Waals surface area contributed by atoms with Gasteiger partial charge in [-0.3, -0.25) is 0 Å². The molecule has 0 aliphatic heterocycles. The monoisotopic (exact) mass is 825 g/mol. The Morgan fingerprint density at radius 1 is 0.406 bits per heavy atom. The maximum atomic E-state index is 2.68. The third kappa shape index (κ3) is 5.19. The molecule has 0 amide bonds. The maximum Gasteiger partial charge on any atom is 0.0726 e. The van der Waals surface area contributed by atoms with Crippen molar-refractivity contribution >= 4 is 27.8 Å². The van der Waals surface area contributed by atoms with Crippen LogP contribution in [-0.2, 0) is 10.8 Å². The smallest absolute Gasteiger partial charge is 0.0726 e. The quantitative estimate of drug-likeness (QED) is 0.161. The highest BCUT2D eigenvalue weighted by molar-refractivity contribution is 6.04. The van der Waals surface area contributed by atoms with Gasteiger partial charge < -0.3 is 4.90 Å². The van der Waals surface area contributed by atoms with Gasteiger partial charge in [0, 0.05) is 16.9 Å². The third-order valence-electron chi connectivity index (χ3n) is 17.7. The van der Waals surface area contributed by atoms with Crippen molar-refractivity contribution in [3.05, 3.63) is 209 Å². The van der Waals surface area contributed by atoms with Gasteiger partial charge in [-0.15, -0.1) is 0 Å². The van der Waals surface area contributed by atoms with Crippen molar-refractivity contribution in [3.8, 4) is 33.4 Å². The molecule has 6 aliphatic rings. The highest BCUT2D eigenvalue weighted by atomic mass is 15.1. The van der Waals surface area contributed by atoms with Crippen LogP contribution < -0.4 is 4.90 Å². The Hall–Kier alpha value is -6.18. The first-order valence-electron chi connectivity index (χ1n) is 24.5. The number of hydrogen-bond acceptors (Lipinski definition) is 1. The summed E-state index contributed by atoms with van der Waals surface area (Å²) in [4.78, 5) is 2.68. The minimum atomic E-state index is -0.412. The fourth-order valence-electron chi connectivity index (χ4n) is 15.3. The summed E-state index contributed by atoms with van der Waals surface area (Å²) in [5, 5.41) is 2.80. The highest BCUT2D eigenvalue weighted by Gasteiger charge is 2.52. The van der Waals surface area contributed by atoms with Gasteiger partial charge in [0.05, 0.1) is 11.1 Å². The van der Waals surface area contributed by atoms with Crippen LogP contribution in [0.25, 0.3) is 44.2 Å². The molecule has 5 unspecified atom stereocenters. The lowest BCUT2D eigenvalue weighted by Crippen LogP contribution is -2.31. The molecule has 0 N–H and O–H groups in total. The van der Waals surface area contributed by atoms with E-state index in [1.807, 2.05) is 0 Å². The lowest BCUT2D eigenvalue weighted by atomic mass is 9.65. The molecule has 8 aromatic rings. The summed E-state index contributed by atoms with van der Waals surface area (Å²) in [6.45, 7) is 2.58. The first-order valence-corrected chi connectivity index (χ1v) is 24.5. The summed E-state index contributed by atoms with van der Waals surface area (Å²) in [7, 11) is 0. The zero-order valence-corrected chi connectivity index (χ0v) is 36.9. The normalized spacial score (nSPS) is 25.0. The Labute approximate surface area is 378 Å². The molecular weight excluding hydrogens is 771 g/mol. The van der Waals surface area contributed by atoms with E-state index in [0.717, 1.165) is 23.7 Å². The van der Waals surface area contributed by atoms with Gasteiger partial charge in [-0.2, -0.15) is 0 Å². The lowest BCUT2D eigenvalue weighted by Gasteiger charge is -2.39. The minimum Gasteiger partial charge on any atom is -0.310 e. The number of anilines is 3. The molecule has 4 bridgehead atoms. The summed E-state index contributed by atoms with van der Waals surface area (Å²) < 4.78 is 0. The Morgan fingerprint density at radius 3 is 1.61 bits per heavy atom. The molecule has 0 aromatic heterocycles. The summed E-state index contributed by atoms with van der Waals surface area (Å²) in [5.41, 5.74) is 20.2. The fourth-order valence-corrected chi connectivity index (χ4v) is 15.3. The molecule has 0 radical (unpaired) electrons. The number of rotatable bonds is 6. The number of benzene rings is 8. The van der Waals surface area contributed by atoms with Crippen LogP contribution in [0.1, 0.15) is 104 Å². The van der Waals surface area contributed by atoms with E-state index in [1.165, 1.54) is 147 Å². The summed E-state index contributed by atoms with van der Waals surface area (Å²) in [5.74, 6) is 3.94. The number of para-hydroxylation sites is 2. The number of nitrogens with zero attached hydrogens (tertiary/aromatic N) is 1. The largest absolute Gasteiger partial charge is 0.310 e. The van der Waals surface area contributed by atoms with E-state index >= 15 is 0 Å². The van der Waals surface area contributed by atoms with Gasteiger partial charge in [-0.25, -0.2) is 0 Å². The molecule has 0 saturated heterocycles. The molecule has 64 heavy (non-hydrogen) atoms. The van der Waals surface area contributed by atoms with Crippen LogP contribution in [0.3, 0.4) is 0 Å². The van der Waals surface area contributed by atoms with Gasteiger partial charge in [0.1, 0.15) is 0 Å². The standard InChI is InChI=1S/C63H55N/c1-62(38-41-26-27-42(34-41)39-62)55-33-32-46(45-14-2-3-15-47(45)55)52-19-7-12-24-60(52)64(61-25-13-8-20-53(61)54-36-40-28-29-43(54)35-40)44-30-31-51-50-18-6-11-23-58(50)63(59(51)37-44)56-21-9-4-16-48(56)49-17-5-10-22-57(49)63/h2-25,30-33,37,40-43,54H,26-29,34-36,38-39H2,1H3/t40?,41-,42?,43?,54?,62?/m0/s1. The van der Waals surface area contributed by atoms with Gasteiger partial charge in [0.2, 0.25) is 0 Å². The zero-order valence-electron chi connectivity index (χ0n) is 36.9. The molecule has 1 nitrogen and oxygen atoms in total. The van der Waals surface area contributed by atoms with Gasteiger partial charge in [-0.05, 0) is 170 Å². The highest BCUT2D eigenvalue weighted by Crippen LogP contribution is 2.64. The van der Waals surface area contributed by atoms with Crippen molar-refractivity contribution in [3.63, 3.8) is 0 Å². The van der Waals surface area contributed by atoms with E-state index in [0.29, 0.717) is 5.92 Å². The van der Waals surface area contributed by atoms with E-state index in [1.54, 1.807) is 5.56 Å². The Bertz CT molecular complexity index is 3110. The molecule has 6 aliphatic carbocycles. The molecule has 6 atom stereocenters. The van der Waals surface area contributed by atoms with Crippen molar-refractivity contribution in [1.29, 1.82) is 0 Å². The predicted molar refractivity (Wildman–Crippen MR) is 266 cm³/mol. The van der Waals surface area contributed by atoms with Crippen LogP contribution in [0.15, 0.2) is 176 Å². The van der Waals surface area contributed by atoms with Crippen molar-refractivity contribution < 1.29 is 0 Å². The average Bonchev–Trinajstić information content (AvgIpc) is 4.18. The molecular formula is C63H55N. The van der Waals surface area contributed by atoms with Gasteiger partial charge in [0.25, 0.3) is 0 Å². The minimum absolute atomic E-state index is 0.211. The Morgan fingerprint density at radius 2 is 0.953 bits per heavy atom. The molecule has 8 aromatic carbocycles. The Kier molecular flexibility index (Phi) is 8.09. The SMILES string of the molecule is CC1(c2ccc(-c3ccccc3N(c3ccc4c(c3)C3(c5ccccc5-c5ccccc53)c3ccccc3-4)c3ccccc3C3CC4CCC3C4)c3ccccc23)CC2CC[C@@H](C2)C1. The van der Waals surface area contributed by atoms with E-state index < -0.39 is 5.41 Å². The molecule has 4 fully saturated rings. The topological polar surface area (TPSA) is 3.24 Å². The van der Waals surface area contributed by atoms with Crippen LogP contribution in [0.2, 0.25) is 0 Å².